The molecule has 3 aromatic rings. The standard InChI is InChI=1S/C28H34N4O5S/c1-17-29-27-22(31-21-11-10-19(24-6-5-13-36-24)14-25(21)38(2,34)35)15-20(16-23(33)18-8-9-18)30-28(27)32(17)26-7-3-4-12-37-26/h10-11,14-15,18,24,26H,3-9,12-13,16H2,1-2H3,(H,30,31)/t24-,26?/m1/s1. The summed E-state index contributed by atoms with van der Waals surface area (Å²) < 4.78 is 39.6. The van der Waals surface area contributed by atoms with Crippen LogP contribution in [0, 0.1) is 12.8 Å². The summed E-state index contributed by atoms with van der Waals surface area (Å²) in [7, 11) is -3.54. The molecule has 202 valence electrons. The summed E-state index contributed by atoms with van der Waals surface area (Å²) >= 11 is 0. The maximum absolute atomic E-state index is 12.9. The van der Waals surface area contributed by atoms with Crippen molar-refractivity contribution in [2.24, 2.45) is 5.92 Å². The van der Waals surface area contributed by atoms with Crippen molar-refractivity contribution in [3.63, 3.8) is 0 Å². The predicted octanol–water partition coefficient (Wildman–Crippen LogP) is 4.96. The Kier molecular flexibility index (Phi) is 6.74. The number of hydrogen-bond acceptors (Lipinski definition) is 8. The third kappa shape index (κ3) is 5.09. The molecule has 1 unspecified atom stereocenters. The fraction of sp³-hybridized carbons (Fsp3) is 0.536. The van der Waals surface area contributed by atoms with Gasteiger partial charge in [0, 0.05) is 31.8 Å². The molecule has 0 spiro atoms. The lowest BCUT2D eigenvalue weighted by atomic mass is 10.1. The van der Waals surface area contributed by atoms with Crippen LogP contribution in [0.2, 0.25) is 0 Å². The van der Waals surface area contributed by atoms with Gasteiger partial charge in [0.2, 0.25) is 0 Å². The second kappa shape index (κ2) is 10.1. The van der Waals surface area contributed by atoms with E-state index in [9.17, 15) is 13.2 Å². The molecule has 1 aromatic carbocycles. The van der Waals surface area contributed by atoms with E-state index in [1.54, 1.807) is 12.1 Å². The second-order valence-corrected chi connectivity index (χ2v) is 12.7. The number of pyridine rings is 1. The Morgan fingerprint density at radius 2 is 1.84 bits per heavy atom. The number of ether oxygens (including phenoxy) is 2. The zero-order valence-electron chi connectivity index (χ0n) is 21.9. The van der Waals surface area contributed by atoms with Gasteiger partial charge in [-0.3, -0.25) is 9.36 Å². The highest BCUT2D eigenvalue weighted by Crippen LogP contribution is 2.37. The molecule has 3 fully saturated rings. The molecule has 1 aliphatic carbocycles. The Hall–Kier alpha value is -2.82. The van der Waals surface area contributed by atoms with Crippen molar-refractivity contribution in [2.45, 2.75) is 75.5 Å². The van der Waals surface area contributed by atoms with E-state index < -0.39 is 9.84 Å². The normalized spacial score (nSPS) is 22.2. The van der Waals surface area contributed by atoms with Crippen molar-refractivity contribution in [1.82, 2.24) is 14.5 Å². The molecule has 1 N–H and O–H groups in total. The van der Waals surface area contributed by atoms with Gasteiger partial charge in [-0.15, -0.1) is 0 Å². The molecule has 0 bridgehead atoms. The Balaban J connectivity index is 1.44. The SMILES string of the molecule is Cc1nc2c(Nc3ccc([C@H]4CCCO4)cc3S(C)(=O)=O)cc(CC(=O)C3CC3)nc2n1C1CCCCO1. The minimum Gasteiger partial charge on any atom is -0.374 e. The van der Waals surface area contributed by atoms with Crippen LogP contribution >= 0.6 is 0 Å². The summed E-state index contributed by atoms with van der Waals surface area (Å²) in [5.74, 6) is 1.09. The molecule has 0 radical (unpaired) electrons. The summed E-state index contributed by atoms with van der Waals surface area (Å²) in [6.07, 6.45) is 7.86. The van der Waals surface area contributed by atoms with Crippen LogP contribution < -0.4 is 5.32 Å². The number of carbonyl (C=O) groups excluding carboxylic acids is 1. The molecular formula is C28H34N4O5S. The van der Waals surface area contributed by atoms with Crippen LogP contribution in [0.5, 0.6) is 0 Å². The first-order chi connectivity index (χ1) is 18.3. The van der Waals surface area contributed by atoms with Crippen molar-refractivity contribution in [2.75, 3.05) is 24.8 Å². The van der Waals surface area contributed by atoms with E-state index in [1.165, 1.54) is 6.26 Å². The smallest absolute Gasteiger partial charge is 0.177 e. The van der Waals surface area contributed by atoms with Crippen molar-refractivity contribution < 1.29 is 22.7 Å². The number of aryl methyl sites for hydroxylation is 1. The third-order valence-electron chi connectivity index (χ3n) is 7.69. The van der Waals surface area contributed by atoms with Crippen molar-refractivity contribution in [1.29, 1.82) is 0 Å². The number of imidazole rings is 1. The van der Waals surface area contributed by atoms with E-state index in [2.05, 4.69) is 5.32 Å². The quantitative estimate of drug-likeness (QED) is 0.428. The topological polar surface area (TPSA) is 112 Å². The number of fused-ring (bicyclic) bond motifs is 1. The Morgan fingerprint density at radius 3 is 2.53 bits per heavy atom. The Morgan fingerprint density at radius 1 is 1.03 bits per heavy atom. The summed E-state index contributed by atoms with van der Waals surface area (Å²) in [5, 5.41) is 3.35. The van der Waals surface area contributed by atoms with Crippen molar-refractivity contribution >= 4 is 38.2 Å². The first-order valence-electron chi connectivity index (χ1n) is 13.5. The van der Waals surface area contributed by atoms with Gasteiger partial charge in [0.05, 0.1) is 28.1 Å². The second-order valence-electron chi connectivity index (χ2n) is 10.8. The fourth-order valence-electron chi connectivity index (χ4n) is 5.54. The molecule has 38 heavy (non-hydrogen) atoms. The molecule has 2 aromatic heterocycles. The van der Waals surface area contributed by atoms with Crippen LogP contribution in [-0.2, 0) is 30.5 Å². The molecule has 2 saturated heterocycles. The lowest BCUT2D eigenvalue weighted by molar-refractivity contribution is -0.119. The Bertz CT molecular complexity index is 1480. The van der Waals surface area contributed by atoms with Gasteiger partial charge in [0.25, 0.3) is 0 Å². The van der Waals surface area contributed by atoms with E-state index in [4.69, 9.17) is 19.4 Å². The van der Waals surface area contributed by atoms with Gasteiger partial charge in [-0.2, -0.15) is 0 Å². The number of carbonyl (C=O) groups is 1. The van der Waals surface area contributed by atoms with Crippen LogP contribution in [0.15, 0.2) is 29.2 Å². The van der Waals surface area contributed by atoms with Crippen LogP contribution in [0.1, 0.15) is 74.4 Å². The average Bonchev–Trinajstić information content (AvgIpc) is 3.49. The first kappa shape index (κ1) is 25.5. The highest BCUT2D eigenvalue weighted by Gasteiger charge is 2.31. The lowest BCUT2D eigenvalue weighted by Gasteiger charge is -2.25. The monoisotopic (exact) mass is 538 g/mol. The van der Waals surface area contributed by atoms with Gasteiger partial charge in [-0.05, 0) is 75.6 Å². The number of hydrogen-bond donors (Lipinski definition) is 1. The summed E-state index contributed by atoms with van der Waals surface area (Å²) in [6.45, 7) is 3.29. The Labute approximate surface area is 222 Å². The number of Topliss-reactive ketones (excluding diaryl/α,β-unsaturated/α-hetero) is 1. The number of nitrogens with one attached hydrogen (secondary N) is 1. The fourth-order valence-corrected chi connectivity index (χ4v) is 6.41. The molecule has 4 heterocycles. The van der Waals surface area contributed by atoms with Gasteiger partial charge in [0.1, 0.15) is 23.4 Å². The van der Waals surface area contributed by atoms with E-state index >= 15 is 0 Å². The highest BCUT2D eigenvalue weighted by molar-refractivity contribution is 7.90. The molecule has 2 atom stereocenters. The number of nitrogens with zero attached hydrogens (tertiary/aromatic N) is 3. The van der Waals surface area contributed by atoms with E-state index in [1.807, 2.05) is 23.6 Å². The summed E-state index contributed by atoms with van der Waals surface area (Å²) in [5.41, 5.74) is 3.87. The summed E-state index contributed by atoms with van der Waals surface area (Å²) in [4.78, 5) is 22.6. The number of anilines is 2. The predicted molar refractivity (Wildman–Crippen MR) is 143 cm³/mol. The lowest BCUT2D eigenvalue weighted by Crippen LogP contribution is -2.19. The number of ketones is 1. The summed E-state index contributed by atoms with van der Waals surface area (Å²) in [6, 6.07) is 7.26. The van der Waals surface area contributed by atoms with Gasteiger partial charge in [-0.1, -0.05) is 6.07 Å². The van der Waals surface area contributed by atoms with Crippen LogP contribution in [0.25, 0.3) is 11.2 Å². The van der Waals surface area contributed by atoms with E-state index in [0.717, 1.165) is 56.3 Å². The van der Waals surface area contributed by atoms with E-state index in [-0.39, 0.29) is 35.3 Å². The molecule has 10 heteroatoms. The molecule has 2 aliphatic heterocycles. The minimum atomic E-state index is -3.54. The number of aromatic nitrogens is 3. The molecule has 3 aliphatic rings. The minimum absolute atomic E-state index is 0.0916. The zero-order chi connectivity index (χ0) is 26.4. The van der Waals surface area contributed by atoms with Gasteiger partial charge in [-0.25, -0.2) is 18.4 Å². The highest BCUT2D eigenvalue weighted by atomic mass is 32.2. The first-order valence-corrected chi connectivity index (χ1v) is 15.4. The molecule has 6 rings (SSSR count). The third-order valence-corrected chi connectivity index (χ3v) is 8.82. The molecule has 9 nitrogen and oxygen atoms in total. The number of benzene rings is 1. The van der Waals surface area contributed by atoms with E-state index in [0.29, 0.717) is 41.4 Å². The molecule has 0 amide bonds. The van der Waals surface area contributed by atoms with Gasteiger partial charge in [0.15, 0.2) is 15.5 Å². The largest absolute Gasteiger partial charge is 0.374 e. The number of rotatable bonds is 8. The average molecular weight is 539 g/mol. The van der Waals surface area contributed by atoms with Crippen molar-refractivity contribution in [3.8, 4) is 0 Å². The molecular weight excluding hydrogens is 504 g/mol. The zero-order valence-corrected chi connectivity index (χ0v) is 22.7. The maximum Gasteiger partial charge on any atom is 0.177 e. The van der Waals surface area contributed by atoms with Crippen LogP contribution in [0.4, 0.5) is 11.4 Å². The van der Waals surface area contributed by atoms with Crippen molar-refractivity contribution in [3.05, 3.63) is 41.3 Å². The molecule has 1 saturated carbocycles. The van der Waals surface area contributed by atoms with Crippen LogP contribution in [0.3, 0.4) is 0 Å². The number of sulfone groups is 1. The van der Waals surface area contributed by atoms with Crippen LogP contribution in [-0.4, -0.2) is 48.2 Å². The van der Waals surface area contributed by atoms with Gasteiger partial charge >= 0.3 is 0 Å². The maximum atomic E-state index is 12.9. The van der Waals surface area contributed by atoms with Gasteiger partial charge < -0.3 is 14.8 Å².